The molecule has 0 bridgehead atoms. The van der Waals surface area contributed by atoms with Gasteiger partial charge in [-0.1, -0.05) is 18.9 Å². The molecule has 2 rings (SSSR count). The second-order valence-corrected chi connectivity index (χ2v) is 5.97. The Morgan fingerprint density at radius 2 is 1.96 bits per heavy atom. The molecular formula is C18H28IN3O2. The fraction of sp³-hybridized carbons (Fsp3) is 0.556. The lowest BCUT2D eigenvalue weighted by molar-refractivity contribution is -0.140. The predicted octanol–water partition coefficient (Wildman–Crippen LogP) is 3.64. The van der Waals surface area contributed by atoms with Crippen molar-refractivity contribution in [3.63, 3.8) is 0 Å². The Morgan fingerprint density at radius 1 is 1.21 bits per heavy atom. The number of hydrogen-bond acceptors (Lipinski definition) is 3. The molecule has 3 N–H and O–H groups in total. The number of ether oxygens (including phenoxy) is 1. The van der Waals surface area contributed by atoms with E-state index in [0.717, 1.165) is 37.8 Å². The molecule has 6 heteroatoms. The summed E-state index contributed by atoms with van der Waals surface area (Å²) in [7, 11) is 1.42. The number of nitrogens with one attached hydrogen (secondary N) is 1. The summed E-state index contributed by atoms with van der Waals surface area (Å²) in [5, 5.41) is 3.16. The van der Waals surface area contributed by atoms with Gasteiger partial charge in [0.2, 0.25) is 0 Å². The first-order chi connectivity index (χ1) is 11.2. The first-order valence-corrected chi connectivity index (χ1v) is 8.44. The molecule has 134 valence electrons. The lowest BCUT2D eigenvalue weighted by atomic mass is 10.1. The molecule has 0 unspecified atom stereocenters. The van der Waals surface area contributed by atoms with Crippen molar-refractivity contribution in [3.05, 3.63) is 29.3 Å². The van der Waals surface area contributed by atoms with Crippen LogP contribution in [0.4, 0.5) is 5.69 Å². The number of nitrogens with zero attached hydrogens (tertiary/aromatic N) is 1. The number of methoxy groups -OCH3 is 1. The van der Waals surface area contributed by atoms with Crippen molar-refractivity contribution < 1.29 is 9.53 Å². The van der Waals surface area contributed by atoms with Gasteiger partial charge in [-0.15, -0.1) is 24.0 Å². The number of fused-ring (bicyclic) bond motifs is 1. The van der Waals surface area contributed by atoms with E-state index in [1.54, 1.807) is 0 Å². The normalized spacial score (nSPS) is 13.1. The molecule has 0 aromatic heterocycles. The van der Waals surface area contributed by atoms with Crippen LogP contribution < -0.4 is 11.1 Å². The zero-order valence-electron chi connectivity index (χ0n) is 14.3. The monoisotopic (exact) mass is 445 g/mol. The van der Waals surface area contributed by atoms with E-state index < -0.39 is 0 Å². The Kier molecular flexibility index (Phi) is 9.75. The highest BCUT2D eigenvalue weighted by atomic mass is 127. The molecule has 1 aromatic rings. The van der Waals surface area contributed by atoms with E-state index in [1.165, 1.54) is 31.1 Å². The molecule has 0 spiro atoms. The van der Waals surface area contributed by atoms with E-state index in [2.05, 4.69) is 33.2 Å². The molecule has 1 aliphatic carbocycles. The number of rotatable bonds is 8. The summed E-state index contributed by atoms with van der Waals surface area (Å²) in [4.78, 5) is 15.3. The van der Waals surface area contributed by atoms with E-state index in [1.807, 2.05) is 0 Å². The zero-order chi connectivity index (χ0) is 16.5. The number of carbonyl (C=O) groups excluding carboxylic acids is 1. The minimum Gasteiger partial charge on any atom is -0.469 e. The van der Waals surface area contributed by atoms with Gasteiger partial charge in [-0.2, -0.15) is 0 Å². The number of anilines is 1. The Balaban J connectivity index is 0.00000288. The van der Waals surface area contributed by atoms with Gasteiger partial charge in [0.15, 0.2) is 5.96 Å². The molecule has 0 amide bonds. The Morgan fingerprint density at radius 3 is 2.75 bits per heavy atom. The van der Waals surface area contributed by atoms with Crippen LogP contribution in [0, 0.1) is 0 Å². The van der Waals surface area contributed by atoms with Gasteiger partial charge in [0.1, 0.15) is 0 Å². The number of hydrogen-bond donors (Lipinski definition) is 2. The SMILES string of the molecule is COC(=O)CCCCCCN=C(N)Nc1ccc2c(c1)CCC2.I. The quantitative estimate of drug-likeness (QED) is 0.211. The van der Waals surface area contributed by atoms with Crippen molar-refractivity contribution in [3.8, 4) is 0 Å². The van der Waals surface area contributed by atoms with Crippen LogP contribution in [0.5, 0.6) is 0 Å². The third-order valence-electron chi connectivity index (χ3n) is 4.17. The van der Waals surface area contributed by atoms with Crippen LogP contribution >= 0.6 is 24.0 Å². The number of aryl methyl sites for hydroxylation is 2. The minimum absolute atomic E-state index is 0. The highest BCUT2D eigenvalue weighted by molar-refractivity contribution is 14.0. The van der Waals surface area contributed by atoms with Crippen molar-refractivity contribution in [1.82, 2.24) is 0 Å². The summed E-state index contributed by atoms with van der Waals surface area (Å²) < 4.78 is 4.61. The van der Waals surface area contributed by atoms with Crippen LogP contribution in [0.2, 0.25) is 0 Å². The lowest BCUT2D eigenvalue weighted by Crippen LogP contribution is -2.22. The highest BCUT2D eigenvalue weighted by Crippen LogP contribution is 2.24. The second kappa shape index (κ2) is 11.3. The molecule has 0 radical (unpaired) electrons. The molecule has 0 aliphatic heterocycles. The number of halogens is 1. The van der Waals surface area contributed by atoms with E-state index in [4.69, 9.17) is 5.73 Å². The van der Waals surface area contributed by atoms with E-state index in [0.29, 0.717) is 18.9 Å². The third kappa shape index (κ3) is 7.07. The molecule has 0 saturated heterocycles. The standard InChI is InChI=1S/C18H27N3O2.HI/c1-23-17(22)9-4-2-3-5-12-20-18(19)21-16-11-10-14-7-6-8-15(14)13-16;/h10-11,13H,2-9,12H2,1H3,(H3,19,20,21);1H. The van der Waals surface area contributed by atoms with Gasteiger partial charge in [0, 0.05) is 18.7 Å². The van der Waals surface area contributed by atoms with E-state index >= 15 is 0 Å². The number of benzene rings is 1. The Hall–Kier alpha value is -1.31. The van der Waals surface area contributed by atoms with Crippen LogP contribution in [0.1, 0.15) is 49.7 Å². The van der Waals surface area contributed by atoms with Crippen LogP contribution in [0.15, 0.2) is 23.2 Å². The number of esters is 1. The summed E-state index contributed by atoms with van der Waals surface area (Å²) in [6.07, 6.45) is 8.02. The Bertz CT molecular complexity index is 561. The summed E-state index contributed by atoms with van der Waals surface area (Å²) in [5.74, 6) is 0.336. The molecule has 5 nitrogen and oxygen atoms in total. The first kappa shape index (κ1) is 20.7. The van der Waals surface area contributed by atoms with Crippen LogP contribution in [0.3, 0.4) is 0 Å². The minimum atomic E-state index is -0.134. The van der Waals surface area contributed by atoms with Crippen molar-refractivity contribution in [1.29, 1.82) is 0 Å². The lowest BCUT2D eigenvalue weighted by Gasteiger charge is -2.08. The second-order valence-electron chi connectivity index (χ2n) is 5.97. The fourth-order valence-corrected chi connectivity index (χ4v) is 2.87. The fourth-order valence-electron chi connectivity index (χ4n) is 2.87. The Labute approximate surface area is 161 Å². The predicted molar refractivity (Wildman–Crippen MR) is 109 cm³/mol. The molecule has 0 saturated carbocycles. The molecule has 24 heavy (non-hydrogen) atoms. The van der Waals surface area contributed by atoms with E-state index in [9.17, 15) is 4.79 Å². The summed E-state index contributed by atoms with van der Waals surface area (Å²) in [6.45, 7) is 0.710. The molecule has 1 aliphatic rings. The number of guanidine groups is 1. The molecular weight excluding hydrogens is 417 g/mol. The number of nitrogens with two attached hydrogens (primary N) is 1. The zero-order valence-corrected chi connectivity index (χ0v) is 16.7. The van der Waals surface area contributed by atoms with Crippen LogP contribution in [0.25, 0.3) is 0 Å². The maximum absolute atomic E-state index is 11.0. The molecule has 0 fully saturated rings. The largest absolute Gasteiger partial charge is 0.469 e. The van der Waals surface area contributed by atoms with Crippen molar-refractivity contribution in [2.45, 2.75) is 51.4 Å². The number of carbonyl (C=O) groups is 1. The maximum atomic E-state index is 11.0. The third-order valence-corrected chi connectivity index (χ3v) is 4.17. The van der Waals surface area contributed by atoms with Gasteiger partial charge in [-0.05, 0) is 55.4 Å². The van der Waals surface area contributed by atoms with Crippen molar-refractivity contribution in [2.75, 3.05) is 19.0 Å². The van der Waals surface area contributed by atoms with E-state index in [-0.39, 0.29) is 29.9 Å². The van der Waals surface area contributed by atoms with Gasteiger partial charge in [0.25, 0.3) is 0 Å². The van der Waals surface area contributed by atoms with Gasteiger partial charge >= 0.3 is 5.97 Å². The van der Waals surface area contributed by atoms with Gasteiger partial charge in [0.05, 0.1) is 7.11 Å². The van der Waals surface area contributed by atoms with Gasteiger partial charge in [-0.3, -0.25) is 9.79 Å². The first-order valence-electron chi connectivity index (χ1n) is 8.44. The number of aliphatic imine (C=N–C) groups is 1. The number of unbranched alkanes of at least 4 members (excludes halogenated alkanes) is 3. The van der Waals surface area contributed by atoms with Crippen molar-refractivity contribution in [2.24, 2.45) is 10.7 Å². The highest BCUT2D eigenvalue weighted by Gasteiger charge is 2.10. The van der Waals surface area contributed by atoms with Crippen molar-refractivity contribution >= 4 is 41.6 Å². The molecule has 0 atom stereocenters. The summed E-state index contributed by atoms with van der Waals surface area (Å²) >= 11 is 0. The molecule has 0 heterocycles. The van der Waals surface area contributed by atoms with Gasteiger partial charge < -0.3 is 15.8 Å². The van der Waals surface area contributed by atoms with Crippen LogP contribution in [-0.4, -0.2) is 25.6 Å². The average Bonchev–Trinajstić information content (AvgIpc) is 3.01. The molecule has 1 aromatic carbocycles. The van der Waals surface area contributed by atoms with Crippen LogP contribution in [-0.2, 0) is 22.4 Å². The average molecular weight is 445 g/mol. The maximum Gasteiger partial charge on any atom is 0.305 e. The summed E-state index contributed by atoms with van der Waals surface area (Å²) in [5.41, 5.74) is 9.83. The van der Waals surface area contributed by atoms with Gasteiger partial charge in [-0.25, -0.2) is 0 Å². The topological polar surface area (TPSA) is 76.7 Å². The smallest absolute Gasteiger partial charge is 0.305 e. The summed E-state index contributed by atoms with van der Waals surface area (Å²) in [6, 6.07) is 6.43.